The summed E-state index contributed by atoms with van der Waals surface area (Å²) < 4.78 is 0. The van der Waals surface area contributed by atoms with Crippen molar-refractivity contribution in [1.82, 2.24) is 0 Å². The predicted octanol–water partition coefficient (Wildman–Crippen LogP) is 2.69. The van der Waals surface area contributed by atoms with E-state index in [1.165, 1.54) is 18.2 Å². The molecular formula is C11H15ClN2O3. The quantitative estimate of drug-likeness (QED) is 0.483. The zero-order valence-electron chi connectivity index (χ0n) is 9.20. The zero-order valence-corrected chi connectivity index (χ0v) is 10.0. The van der Waals surface area contributed by atoms with E-state index in [9.17, 15) is 15.2 Å². The lowest BCUT2D eigenvalue weighted by molar-refractivity contribution is -0.385. The van der Waals surface area contributed by atoms with Gasteiger partial charge in [-0.05, 0) is 18.9 Å². The molecule has 1 aromatic carbocycles. The molecule has 1 rings (SSSR count). The number of hydrogen-bond acceptors (Lipinski definition) is 4. The number of hydrogen-bond donors (Lipinski definition) is 2. The molecule has 0 bridgehead atoms. The average Bonchev–Trinajstić information content (AvgIpc) is 2.26. The van der Waals surface area contributed by atoms with Crippen LogP contribution in [-0.2, 0) is 0 Å². The Bertz CT molecular complexity index is 410. The number of nitrogens with two attached hydrogens (primary N) is 1. The normalized spacial score (nSPS) is 11.4. The average molecular weight is 259 g/mol. The predicted molar refractivity (Wildman–Crippen MR) is 68.4 cm³/mol. The van der Waals surface area contributed by atoms with Crippen LogP contribution in [0.4, 0.5) is 5.69 Å². The molecule has 0 saturated carbocycles. The van der Waals surface area contributed by atoms with Crippen LogP contribution in [0.5, 0.6) is 5.75 Å². The van der Waals surface area contributed by atoms with E-state index in [0.717, 1.165) is 0 Å². The van der Waals surface area contributed by atoms with Gasteiger partial charge < -0.3 is 10.8 Å². The SMILES string of the molecule is C=CCC[C@H](N)c1cc([N+](=O)[O-])ccc1O.Cl. The van der Waals surface area contributed by atoms with Crippen LogP contribution in [0, 0.1) is 10.1 Å². The maximum Gasteiger partial charge on any atom is 0.270 e. The molecule has 0 radical (unpaired) electrons. The van der Waals surface area contributed by atoms with Gasteiger partial charge in [0.05, 0.1) is 4.92 Å². The van der Waals surface area contributed by atoms with Gasteiger partial charge in [0.15, 0.2) is 0 Å². The maximum absolute atomic E-state index is 10.6. The van der Waals surface area contributed by atoms with E-state index < -0.39 is 11.0 Å². The summed E-state index contributed by atoms with van der Waals surface area (Å²) in [7, 11) is 0. The summed E-state index contributed by atoms with van der Waals surface area (Å²) in [6.45, 7) is 3.57. The van der Waals surface area contributed by atoms with Gasteiger partial charge in [-0.15, -0.1) is 19.0 Å². The number of aromatic hydroxyl groups is 1. The van der Waals surface area contributed by atoms with E-state index in [1.54, 1.807) is 6.08 Å². The third kappa shape index (κ3) is 4.05. The minimum atomic E-state index is -0.511. The number of rotatable bonds is 5. The first-order chi connectivity index (χ1) is 7.56. The van der Waals surface area contributed by atoms with Crippen LogP contribution >= 0.6 is 12.4 Å². The molecule has 94 valence electrons. The van der Waals surface area contributed by atoms with Crippen LogP contribution in [0.15, 0.2) is 30.9 Å². The largest absolute Gasteiger partial charge is 0.508 e. The number of non-ortho nitro benzene ring substituents is 1. The number of nitro benzene ring substituents is 1. The fourth-order valence-corrected chi connectivity index (χ4v) is 1.41. The van der Waals surface area contributed by atoms with Gasteiger partial charge in [-0.25, -0.2) is 0 Å². The zero-order chi connectivity index (χ0) is 12.1. The van der Waals surface area contributed by atoms with Crippen molar-refractivity contribution in [1.29, 1.82) is 0 Å². The Labute approximate surface area is 106 Å². The van der Waals surface area contributed by atoms with Crippen molar-refractivity contribution in [3.8, 4) is 5.75 Å². The Morgan fingerprint density at radius 1 is 1.59 bits per heavy atom. The summed E-state index contributed by atoms with van der Waals surface area (Å²) in [6, 6.07) is 3.43. The second kappa shape index (κ2) is 6.88. The van der Waals surface area contributed by atoms with Gasteiger partial charge in [-0.3, -0.25) is 10.1 Å². The van der Waals surface area contributed by atoms with Gasteiger partial charge in [0.2, 0.25) is 0 Å². The molecule has 5 nitrogen and oxygen atoms in total. The lowest BCUT2D eigenvalue weighted by Crippen LogP contribution is -2.10. The first-order valence-corrected chi connectivity index (χ1v) is 4.90. The van der Waals surface area contributed by atoms with Gasteiger partial charge in [0, 0.05) is 23.7 Å². The summed E-state index contributed by atoms with van der Waals surface area (Å²) in [5.41, 5.74) is 6.15. The van der Waals surface area contributed by atoms with Crippen molar-refractivity contribution in [2.24, 2.45) is 5.73 Å². The van der Waals surface area contributed by atoms with Crippen molar-refractivity contribution in [3.63, 3.8) is 0 Å². The summed E-state index contributed by atoms with van der Waals surface area (Å²) in [5, 5.41) is 20.1. The third-order valence-corrected chi connectivity index (χ3v) is 2.30. The van der Waals surface area contributed by atoms with Crippen LogP contribution < -0.4 is 5.73 Å². The molecule has 0 heterocycles. The fourth-order valence-electron chi connectivity index (χ4n) is 1.41. The Kier molecular flexibility index (Phi) is 6.23. The molecule has 3 N–H and O–H groups in total. The molecule has 0 fully saturated rings. The van der Waals surface area contributed by atoms with Crippen LogP contribution in [-0.4, -0.2) is 10.0 Å². The Balaban J connectivity index is 0.00000256. The van der Waals surface area contributed by atoms with Crippen LogP contribution in [0.2, 0.25) is 0 Å². The Hall–Kier alpha value is -1.59. The topological polar surface area (TPSA) is 89.4 Å². The molecular weight excluding hydrogens is 244 g/mol. The van der Waals surface area contributed by atoms with Gasteiger partial charge in [-0.2, -0.15) is 0 Å². The van der Waals surface area contributed by atoms with Crippen molar-refractivity contribution < 1.29 is 10.0 Å². The minimum absolute atomic E-state index is 0. The summed E-state index contributed by atoms with van der Waals surface area (Å²) in [5.74, 6) is -0.0119. The van der Waals surface area contributed by atoms with Crippen LogP contribution in [0.3, 0.4) is 0 Å². The van der Waals surface area contributed by atoms with E-state index in [2.05, 4.69) is 6.58 Å². The number of benzene rings is 1. The number of nitro groups is 1. The van der Waals surface area contributed by atoms with E-state index in [-0.39, 0.29) is 23.8 Å². The summed E-state index contributed by atoms with van der Waals surface area (Å²) in [4.78, 5) is 10.1. The Morgan fingerprint density at radius 3 is 2.76 bits per heavy atom. The number of phenolic OH excluding ortho intramolecular Hbond substituents is 1. The fraction of sp³-hybridized carbons (Fsp3) is 0.273. The van der Waals surface area contributed by atoms with E-state index in [1.807, 2.05) is 0 Å². The minimum Gasteiger partial charge on any atom is -0.508 e. The molecule has 17 heavy (non-hydrogen) atoms. The molecule has 1 aromatic rings. The molecule has 0 aliphatic carbocycles. The van der Waals surface area contributed by atoms with Crippen molar-refractivity contribution in [2.75, 3.05) is 0 Å². The summed E-state index contributed by atoms with van der Waals surface area (Å²) >= 11 is 0. The highest BCUT2D eigenvalue weighted by molar-refractivity contribution is 5.85. The molecule has 0 aliphatic rings. The van der Waals surface area contributed by atoms with Gasteiger partial charge in [-0.1, -0.05) is 6.08 Å². The van der Waals surface area contributed by atoms with Gasteiger partial charge >= 0.3 is 0 Å². The number of phenols is 1. The smallest absolute Gasteiger partial charge is 0.270 e. The Morgan fingerprint density at radius 2 is 2.24 bits per heavy atom. The third-order valence-electron chi connectivity index (χ3n) is 2.30. The molecule has 0 amide bonds. The molecule has 0 aliphatic heterocycles. The highest BCUT2D eigenvalue weighted by Gasteiger charge is 2.15. The maximum atomic E-state index is 10.6. The van der Waals surface area contributed by atoms with E-state index in [4.69, 9.17) is 5.73 Å². The molecule has 0 unspecified atom stereocenters. The van der Waals surface area contributed by atoms with Crippen molar-refractivity contribution in [2.45, 2.75) is 18.9 Å². The summed E-state index contributed by atoms with van der Waals surface area (Å²) in [6.07, 6.45) is 3.01. The molecule has 1 atom stereocenters. The number of allylic oxidation sites excluding steroid dienone is 1. The molecule has 0 spiro atoms. The molecule has 0 aromatic heterocycles. The first-order valence-electron chi connectivity index (χ1n) is 4.90. The second-order valence-corrected chi connectivity index (χ2v) is 3.47. The van der Waals surface area contributed by atoms with Crippen LogP contribution in [0.1, 0.15) is 24.4 Å². The first kappa shape index (κ1) is 15.4. The van der Waals surface area contributed by atoms with E-state index in [0.29, 0.717) is 18.4 Å². The standard InChI is InChI=1S/C11H14N2O3.ClH/c1-2-3-4-10(12)9-7-8(13(15)16)5-6-11(9)14;/h2,5-7,10,14H,1,3-4,12H2;1H/t10-;/m0./s1. The van der Waals surface area contributed by atoms with Crippen LogP contribution in [0.25, 0.3) is 0 Å². The van der Waals surface area contributed by atoms with Gasteiger partial charge in [0.1, 0.15) is 5.75 Å². The molecule has 0 saturated heterocycles. The second-order valence-electron chi connectivity index (χ2n) is 3.47. The monoisotopic (exact) mass is 258 g/mol. The molecule has 6 heteroatoms. The highest BCUT2D eigenvalue weighted by atomic mass is 35.5. The van der Waals surface area contributed by atoms with Crippen molar-refractivity contribution >= 4 is 18.1 Å². The lowest BCUT2D eigenvalue weighted by atomic mass is 10.0. The number of nitrogens with zero attached hydrogens (tertiary/aromatic N) is 1. The lowest BCUT2D eigenvalue weighted by Gasteiger charge is -2.12. The van der Waals surface area contributed by atoms with Crippen molar-refractivity contribution in [3.05, 3.63) is 46.5 Å². The highest BCUT2D eigenvalue weighted by Crippen LogP contribution is 2.29. The van der Waals surface area contributed by atoms with E-state index >= 15 is 0 Å². The van der Waals surface area contributed by atoms with Gasteiger partial charge in [0.25, 0.3) is 5.69 Å². The number of halogens is 1.